The van der Waals surface area contributed by atoms with Crippen LogP contribution >= 0.6 is 11.6 Å². The number of benzene rings is 1. The van der Waals surface area contributed by atoms with Crippen LogP contribution in [-0.4, -0.2) is 37.0 Å². The predicted octanol–water partition coefficient (Wildman–Crippen LogP) is 3.48. The monoisotopic (exact) mass is 312 g/mol. The third kappa shape index (κ3) is 5.29. The number of amides is 1. The molecule has 21 heavy (non-hydrogen) atoms. The third-order valence-electron chi connectivity index (χ3n) is 3.81. The Balaban J connectivity index is 1.71. The highest BCUT2D eigenvalue weighted by molar-refractivity contribution is 6.30. The molecule has 1 aromatic carbocycles. The molecule has 0 radical (unpaired) electrons. The van der Waals surface area contributed by atoms with E-state index < -0.39 is 5.82 Å². The molecule has 2 rings (SSSR count). The molecule has 0 bridgehead atoms. The highest BCUT2D eigenvalue weighted by atomic mass is 35.5. The maximum Gasteiger partial charge on any atom is 0.254 e. The number of likely N-dealkylation sites (tertiary alicyclic amines) is 1. The first-order valence-electron chi connectivity index (χ1n) is 7.62. The van der Waals surface area contributed by atoms with Crippen molar-refractivity contribution in [2.75, 3.05) is 26.2 Å². The van der Waals surface area contributed by atoms with Crippen LogP contribution in [0.2, 0.25) is 5.02 Å². The molecule has 1 aromatic rings. The van der Waals surface area contributed by atoms with E-state index in [9.17, 15) is 9.18 Å². The molecular weight excluding hydrogens is 291 g/mol. The van der Waals surface area contributed by atoms with Gasteiger partial charge in [-0.05, 0) is 57.1 Å². The van der Waals surface area contributed by atoms with E-state index in [1.165, 1.54) is 37.8 Å². The first-order valence-corrected chi connectivity index (χ1v) is 8.00. The van der Waals surface area contributed by atoms with Gasteiger partial charge in [-0.25, -0.2) is 4.39 Å². The highest BCUT2D eigenvalue weighted by Gasteiger charge is 2.12. The van der Waals surface area contributed by atoms with Crippen molar-refractivity contribution >= 4 is 17.5 Å². The van der Waals surface area contributed by atoms with E-state index >= 15 is 0 Å². The van der Waals surface area contributed by atoms with Gasteiger partial charge in [-0.15, -0.1) is 0 Å². The van der Waals surface area contributed by atoms with Crippen molar-refractivity contribution in [3.8, 4) is 0 Å². The van der Waals surface area contributed by atoms with Crippen LogP contribution in [0.1, 0.15) is 42.5 Å². The fourth-order valence-corrected chi connectivity index (χ4v) is 2.79. The average molecular weight is 313 g/mol. The van der Waals surface area contributed by atoms with Gasteiger partial charge in [0.05, 0.1) is 5.56 Å². The molecule has 0 saturated carbocycles. The van der Waals surface area contributed by atoms with Crippen LogP contribution < -0.4 is 5.32 Å². The summed E-state index contributed by atoms with van der Waals surface area (Å²) < 4.78 is 13.6. The maximum atomic E-state index is 13.6. The lowest BCUT2D eigenvalue weighted by Crippen LogP contribution is -2.31. The van der Waals surface area contributed by atoms with Gasteiger partial charge in [-0.2, -0.15) is 0 Å². The fraction of sp³-hybridized carbons (Fsp3) is 0.562. The third-order valence-corrected chi connectivity index (χ3v) is 4.05. The summed E-state index contributed by atoms with van der Waals surface area (Å²) in [7, 11) is 0. The first-order chi connectivity index (χ1) is 10.2. The number of hydrogen-bond donors (Lipinski definition) is 1. The van der Waals surface area contributed by atoms with Crippen LogP contribution in [0, 0.1) is 5.82 Å². The summed E-state index contributed by atoms with van der Waals surface area (Å²) in [5.41, 5.74) is 0.0502. The molecular formula is C16H22ClFN2O. The van der Waals surface area contributed by atoms with Gasteiger partial charge in [0, 0.05) is 11.6 Å². The van der Waals surface area contributed by atoms with Crippen LogP contribution in [-0.2, 0) is 0 Å². The van der Waals surface area contributed by atoms with Crippen molar-refractivity contribution in [2.24, 2.45) is 0 Å². The lowest BCUT2D eigenvalue weighted by atomic mass is 10.2. The van der Waals surface area contributed by atoms with Crippen LogP contribution in [0.5, 0.6) is 0 Å². The lowest BCUT2D eigenvalue weighted by molar-refractivity contribution is 0.0947. The highest BCUT2D eigenvalue weighted by Crippen LogP contribution is 2.14. The van der Waals surface area contributed by atoms with Crippen LogP contribution in [0.3, 0.4) is 0 Å². The van der Waals surface area contributed by atoms with E-state index in [2.05, 4.69) is 10.2 Å². The number of carbonyl (C=O) groups is 1. The smallest absolute Gasteiger partial charge is 0.254 e. The molecule has 0 unspecified atom stereocenters. The number of nitrogens with one attached hydrogen (secondary N) is 1. The van der Waals surface area contributed by atoms with E-state index in [1.54, 1.807) is 0 Å². The molecule has 3 nitrogen and oxygen atoms in total. The largest absolute Gasteiger partial charge is 0.352 e. The van der Waals surface area contributed by atoms with E-state index in [-0.39, 0.29) is 11.5 Å². The van der Waals surface area contributed by atoms with Gasteiger partial charge >= 0.3 is 0 Å². The minimum Gasteiger partial charge on any atom is -0.352 e. The molecule has 1 aliphatic rings. The van der Waals surface area contributed by atoms with Gasteiger partial charge in [-0.3, -0.25) is 4.79 Å². The Hall–Kier alpha value is -1.13. The quantitative estimate of drug-likeness (QED) is 0.844. The molecule has 1 aliphatic heterocycles. The Labute approximate surface area is 130 Å². The van der Waals surface area contributed by atoms with Crippen molar-refractivity contribution in [3.63, 3.8) is 0 Å². The van der Waals surface area contributed by atoms with E-state index in [4.69, 9.17) is 11.6 Å². The molecule has 1 N–H and O–H groups in total. The molecule has 0 aliphatic carbocycles. The van der Waals surface area contributed by atoms with Gasteiger partial charge < -0.3 is 10.2 Å². The standard InChI is InChI=1S/C16H22ClFN2O/c17-13-6-7-14(15(18)12-13)16(21)19-8-5-11-20-9-3-1-2-4-10-20/h6-7,12H,1-5,8-11H2,(H,19,21). The topological polar surface area (TPSA) is 32.3 Å². The van der Waals surface area contributed by atoms with Crippen molar-refractivity contribution < 1.29 is 9.18 Å². The van der Waals surface area contributed by atoms with E-state index in [1.807, 2.05) is 0 Å². The Kier molecular flexibility index (Phi) is 6.46. The SMILES string of the molecule is O=C(NCCCN1CCCCCC1)c1ccc(Cl)cc1F. The molecule has 1 amide bonds. The minimum absolute atomic E-state index is 0.0502. The maximum absolute atomic E-state index is 13.6. The summed E-state index contributed by atoms with van der Waals surface area (Å²) in [5.74, 6) is -0.951. The molecule has 116 valence electrons. The van der Waals surface area contributed by atoms with Crippen molar-refractivity contribution in [1.29, 1.82) is 0 Å². The van der Waals surface area contributed by atoms with Crippen LogP contribution in [0.25, 0.3) is 0 Å². The number of rotatable bonds is 5. The predicted molar refractivity (Wildman–Crippen MR) is 83.3 cm³/mol. The zero-order chi connectivity index (χ0) is 15.1. The summed E-state index contributed by atoms with van der Waals surface area (Å²) in [6.45, 7) is 3.86. The minimum atomic E-state index is -0.576. The van der Waals surface area contributed by atoms with Crippen molar-refractivity contribution in [2.45, 2.75) is 32.1 Å². The van der Waals surface area contributed by atoms with Crippen LogP contribution in [0.4, 0.5) is 4.39 Å². The van der Waals surface area contributed by atoms with Gasteiger partial charge in [0.25, 0.3) is 5.91 Å². The summed E-state index contributed by atoms with van der Waals surface area (Å²) in [6, 6.07) is 4.10. The lowest BCUT2D eigenvalue weighted by Gasteiger charge is -2.19. The second-order valence-corrected chi connectivity index (χ2v) is 5.93. The fourth-order valence-electron chi connectivity index (χ4n) is 2.63. The zero-order valence-electron chi connectivity index (χ0n) is 12.2. The molecule has 0 atom stereocenters. The van der Waals surface area contributed by atoms with Crippen molar-refractivity contribution in [1.82, 2.24) is 10.2 Å². The number of nitrogens with zero attached hydrogens (tertiary/aromatic N) is 1. The molecule has 5 heteroatoms. The Bertz CT molecular complexity index is 473. The second kappa shape index (κ2) is 8.35. The summed E-state index contributed by atoms with van der Waals surface area (Å²) in [5, 5.41) is 3.06. The molecule has 1 saturated heterocycles. The molecule has 0 aromatic heterocycles. The van der Waals surface area contributed by atoms with E-state index in [0.29, 0.717) is 11.6 Å². The van der Waals surface area contributed by atoms with Gasteiger partial charge in [-0.1, -0.05) is 24.4 Å². The molecule has 1 heterocycles. The van der Waals surface area contributed by atoms with Gasteiger partial charge in [0.1, 0.15) is 5.82 Å². The Morgan fingerprint density at radius 1 is 1.24 bits per heavy atom. The second-order valence-electron chi connectivity index (χ2n) is 5.49. The zero-order valence-corrected chi connectivity index (χ0v) is 13.0. The van der Waals surface area contributed by atoms with Gasteiger partial charge in [0.15, 0.2) is 0 Å². The average Bonchev–Trinajstić information content (AvgIpc) is 2.72. The van der Waals surface area contributed by atoms with Gasteiger partial charge in [0.2, 0.25) is 0 Å². The van der Waals surface area contributed by atoms with Crippen LogP contribution in [0.15, 0.2) is 18.2 Å². The van der Waals surface area contributed by atoms with E-state index in [0.717, 1.165) is 32.1 Å². The summed E-state index contributed by atoms with van der Waals surface area (Å²) in [4.78, 5) is 14.3. The number of hydrogen-bond acceptors (Lipinski definition) is 2. The normalized spacial score (nSPS) is 16.5. The molecule has 0 spiro atoms. The summed E-state index contributed by atoms with van der Waals surface area (Å²) >= 11 is 5.67. The summed E-state index contributed by atoms with van der Waals surface area (Å²) in [6.07, 6.45) is 6.07. The van der Waals surface area contributed by atoms with Crippen molar-refractivity contribution in [3.05, 3.63) is 34.6 Å². The Morgan fingerprint density at radius 3 is 2.62 bits per heavy atom. The number of halogens is 2. The number of carbonyl (C=O) groups excluding carboxylic acids is 1. The Morgan fingerprint density at radius 2 is 1.95 bits per heavy atom. The first kappa shape index (κ1) is 16.2. The molecule has 1 fully saturated rings.